The summed E-state index contributed by atoms with van der Waals surface area (Å²) in [7, 11) is 3.12. The zero-order valence-corrected chi connectivity index (χ0v) is 13.5. The van der Waals surface area contributed by atoms with Crippen LogP contribution in [-0.4, -0.2) is 33.2 Å². The van der Waals surface area contributed by atoms with Crippen LogP contribution in [0.5, 0.6) is 11.5 Å². The molecular formula is C15H23ClN2O3. The Balaban J connectivity index is 2.52. The standard InChI is InChI=1S/C15H23ClN2O3/c1-4-5-7-18-15(19)6-8-17-12-10-13(20-2)11(16)9-14(12)21-3/h9-10,17H,4-8H2,1-3H3,(H,18,19). The molecule has 2 N–H and O–H groups in total. The monoisotopic (exact) mass is 314 g/mol. The number of halogens is 1. The van der Waals surface area contributed by atoms with Gasteiger partial charge >= 0.3 is 0 Å². The molecule has 1 aromatic rings. The van der Waals surface area contributed by atoms with E-state index in [1.807, 2.05) is 0 Å². The highest BCUT2D eigenvalue weighted by Crippen LogP contribution is 2.35. The molecule has 1 amide bonds. The first-order valence-corrected chi connectivity index (χ1v) is 7.42. The van der Waals surface area contributed by atoms with Crippen LogP contribution < -0.4 is 20.1 Å². The SMILES string of the molecule is CCCCNC(=O)CCNc1cc(OC)c(Cl)cc1OC. The molecule has 118 valence electrons. The fraction of sp³-hybridized carbons (Fsp3) is 0.533. The van der Waals surface area contributed by atoms with Crippen LogP contribution in [0.3, 0.4) is 0 Å². The average Bonchev–Trinajstić information content (AvgIpc) is 2.48. The third-order valence-electron chi connectivity index (χ3n) is 2.99. The summed E-state index contributed by atoms with van der Waals surface area (Å²) in [6.07, 6.45) is 2.47. The van der Waals surface area contributed by atoms with Crippen LogP contribution in [0.1, 0.15) is 26.2 Å². The predicted octanol–water partition coefficient (Wildman–Crippen LogP) is 3.08. The van der Waals surface area contributed by atoms with Crippen molar-refractivity contribution in [1.82, 2.24) is 5.32 Å². The number of methoxy groups -OCH3 is 2. The number of anilines is 1. The molecule has 1 rings (SSSR count). The Morgan fingerprint density at radius 1 is 1.19 bits per heavy atom. The van der Waals surface area contributed by atoms with Crippen LogP contribution >= 0.6 is 11.6 Å². The van der Waals surface area contributed by atoms with E-state index in [2.05, 4.69) is 17.6 Å². The summed E-state index contributed by atoms with van der Waals surface area (Å²) in [6, 6.07) is 3.44. The van der Waals surface area contributed by atoms with Crippen LogP contribution in [0.15, 0.2) is 12.1 Å². The summed E-state index contributed by atoms with van der Waals surface area (Å²) in [6.45, 7) is 3.33. The van der Waals surface area contributed by atoms with Gasteiger partial charge in [0.05, 0.1) is 24.9 Å². The zero-order valence-electron chi connectivity index (χ0n) is 12.8. The van der Waals surface area contributed by atoms with E-state index in [-0.39, 0.29) is 5.91 Å². The summed E-state index contributed by atoms with van der Waals surface area (Å²) >= 11 is 6.04. The van der Waals surface area contributed by atoms with Gasteiger partial charge in [-0.15, -0.1) is 0 Å². The van der Waals surface area contributed by atoms with Crippen LogP contribution in [0.2, 0.25) is 5.02 Å². The number of carbonyl (C=O) groups is 1. The van der Waals surface area contributed by atoms with E-state index in [1.165, 1.54) is 0 Å². The highest BCUT2D eigenvalue weighted by atomic mass is 35.5. The number of amides is 1. The Morgan fingerprint density at radius 2 is 1.90 bits per heavy atom. The number of ether oxygens (including phenoxy) is 2. The normalized spacial score (nSPS) is 10.1. The van der Waals surface area contributed by atoms with Crippen molar-refractivity contribution >= 4 is 23.2 Å². The lowest BCUT2D eigenvalue weighted by molar-refractivity contribution is -0.120. The van der Waals surface area contributed by atoms with Gasteiger partial charge in [-0.05, 0) is 6.42 Å². The molecule has 0 aliphatic carbocycles. The molecule has 0 aliphatic heterocycles. The Labute approximate surface area is 131 Å². The Kier molecular flexibility index (Phi) is 7.75. The molecule has 21 heavy (non-hydrogen) atoms. The molecule has 5 nitrogen and oxygen atoms in total. The van der Waals surface area contributed by atoms with Crippen molar-refractivity contribution in [2.45, 2.75) is 26.2 Å². The molecule has 0 fully saturated rings. The molecular weight excluding hydrogens is 292 g/mol. The summed E-state index contributed by atoms with van der Waals surface area (Å²) < 4.78 is 10.4. The highest BCUT2D eigenvalue weighted by molar-refractivity contribution is 6.32. The van der Waals surface area contributed by atoms with Gasteiger partial charge in [-0.1, -0.05) is 24.9 Å². The average molecular weight is 315 g/mol. The van der Waals surface area contributed by atoms with Crippen molar-refractivity contribution in [1.29, 1.82) is 0 Å². The second-order valence-corrected chi connectivity index (χ2v) is 4.97. The van der Waals surface area contributed by atoms with Gasteiger partial charge in [0, 0.05) is 31.6 Å². The van der Waals surface area contributed by atoms with Gasteiger partial charge in [0.1, 0.15) is 11.5 Å². The molecule has 0 unspecified atom stereocenters. The fourth-order valence-corrected chi connectivity index (χ4v) is 2.03. The topological polar surface area (TPSA) is 59.6 Å². The van der Waals surface area contributed by atoms with Gasteiger partial charge in [0.2, 0.25) is 5.91 Å². The number of benzene rings is 1. The van der Waals surface area contributed by atoms with Crippen molar-refractivity contribution in [2.75, 3.05) is 32.6 Å². The molecule has 0 aliphatic rings. The molecule has 0 spiro atoms. The number of hydrogen-bond acceptors (Lipinski definition) is 4. The van der Waals surface area contributed by atoms with Gasteiger partial charge in [0.25, 0.3) is 0 Å². The summed E-state index contributed by atoms with van der Waals surface area (Å²) in [5.41, 5.74) is 0.750. The first-order chi connectivity index (χ1) is 10.1. The van der Waals surface area contributed by atoms with Gasteiger partial charge in [-0.25, -0.2) is 0 Å². The largest absolute Gasteiger partial charge is 0.495 e. The van der Waals surface area contributed by atoms with Crippen LogP contribution in [0.25, 0.3) is 0 Å². The zero-order chi connectivity index (χ0) is 15.7. The van der Waals surface area contributed by atoms with E-state index in [4.69, 9.17) is 21.1 Å². The Morgan fingerprint density at radius 3 is 2.52 bits per heavy atom. The van der Waals surface area contributed by atoms with Crippen molar-refractivity contribution in [2.24, 2.45) is 0 Å². The van der Waals surface area contributed by atoms with E-state index < -0.39 is 0 Å². The number of rotatable bonds is 9. The second kappa shape index (κ2) is 9.34. The van der Waals surface area contributed by atoms with E-state index in [0.717, 1.165) is 25.1 Å². The maximum atomic E-state index is 11.6. The Hall–Kier alpha value is -1.62. The lowest BCUT2D eigenvalue weighted by atomic mass is 10.2. The third-order valence-corrected chi connectivity index (χ3v) is 3.29. The Bertz CT molecular complexity index is 466. The van der Waals surface area contributed by atoms with Crippen molar-refractivity contribution in [3.63, 3.8) is 0 Å². The smallest absolute Gasteiger partial charge is 0.221 e. The molecule has 0 bridgehead atoms. The van der Waals surface area contributed by atoms with Crippen molar-refractivity contribution in [3.8, 4) is 11.5 Å². The van der Waals surface area contributed by atoms with Crippen molar-refractivity contribution in [3.05, 3.63) is 17.2 Å². The molecule has 0 atom stereocenters. The number of unbranched alkanes of at least 4 members (excludes halogenated alkanes) is 1. The van der Waals surface area contributed by atoms with Crippen molar-refractivity contribution < 1.29 is 14.3 Å². The minimum Gasteiger partial charge on any atom is -0.495 e. The summed E-state index contributed by atoms with van der Waals surface area (Å²) in [4.78, 5) is 11.6. The van der Waals surface area contributed by atoms with E-state index in [1.54, 1.807) is 26.4 Å². The summed E-state index contributed by atoms with van der Waals surface area (Å²) in [5.74, 6) is 1.22. The molecule has 0 saturated heterocycles. The third kappa shape index (κ3) is 5.71. The quantitative estimate of drug-likeness (QED) is 0.688. The predicted molar refractivity (Wildman–Crippen MR) is 85.6 cm³/mol. The maximum absolute atomic E-state index is 11.6. The first kappa shape index (κ1) is 17.4. The molecule has 0 radical (unpaired) electrons. The molecule has 0 heterocycles. The van der Waals surface area contributed by atoms with Gasteiger partial charge < -0.3 is 20.1 Å². The van der Waals surface area contributed by atoms with Gasteiger partial charge in [-0.2, -0.15) is 0 Å². The fourth-order valence-electron chi connectivity index (χ4n) is 1.80. The first-order valence-electron chi connectivity index (χ1n) is 7.04. The van der Waals surface area contributed by atoms with E-state index in [9.17, 15) is 4.79 Å². The van der Waals surface area contributed by atoms with E-state index >= 15 is 0 Å². The number of carbonyl (C=O) groups excluding carboxylic acids is 1. The minimum absolute atomic E-state index is 0.0378. The van der Waals surface area contributed by atoms with Crippen LogP contribution in [0, 0.1) is 0 Å². The number of nitrogens with one attached hydrogen (secondary N) is 2. The highest BCUT2D eigenvalue weighted by Gasteiger charge is 2.10. The lowest BCUT2D eigenvalue weighted by Crippen LogP contribution is -2.26. The molecule has 6 heteroatoms. The van der Waals surface area contributed by atoms with E-state index in [0.29, 0.717) is 29.5 Å². The van der Waals surface area contributed by atoms with Gasteiger partial charge in [0.15, 0.2) is 0 Å². The van der Waals surface area contributed by atoms with Gasteiger partial charge in [-0.3, -0.25) is 4.79 Å². The molecule has 1 aromatic carbocycles. The molecule has 0 aromatic heterocycles. The minimum atomic E-state index is 0.0378. The van der Waals surface area contributed by atoms with Crippen LogP contribution in [0.4, 0.5) is 5.69 Å². The number of hydrogen-bond donors (Lipinski definition) is 2. The van der Waals surface area contributed by atoms with Crippen LogP contribution in [-0.2, 0) is 4.79 Å². The molecule has 0 saturated carbocycles. The lowest BCUT2D eigenvalue weighted by Gasteiger charge is -2.14. The summed E-state index contributed by atoms with van der Waals surface area (Å²) in [5, 5.41) is 6.52. The maximum Gasteiger partial charge on any atom is 0.221 e. The second-order valence-electron chi connectivity index (χ2n) is 4.57.